The third kappa shape index (κ3) is 5.34. The number of methoxy groups -OCH3 is 1. The standard InChI is InChI=1S/C20H21ClN4OS/c1-3-4-19-23-24-20(27-14-16-5-9-17(21)10-6-16)25(19)22-13-15-7-11-18(26-2)12-8-15/h5-13H,3-4,14H2,1-2H3/b22-13+. The molecule has 27 heavy (non-hydrogen) atoms. The molecule has 0 aliphatic heterocycles. The minimum Gasteiger partial charge on any atom is -0.497 e. The molecule has 0 aliphatic rings. The van der Waals surface area contributed by atoms with Crippen LogP contribution in [0.25, 0.3) is 0 Å². The topological polar surface area (TPSA) is 52.3 Å². The van der Waals surface area contributed by atoms with E-state index in [0.717, 1.165) is 45.9 Å². The van der Waals surface area contributed by atoms with Gasteiger partial charge in [-0.2, -0.15) is 9.78 Å². The molecule has 0 saturated heterocycles. The maximum Gasteiger partial charge on any atom is 0.212 e. The fourth-order valence-corrected chi connectivity index (χ4v) is 3.41. The van der Waals surface area contributed by atoms with E-state index in [0.29, 0.717) is 0 Å². The molecule has 5 nitrogen and oxygen atoms in total. The predicted octanol–water partition coefficient (Wildman–Crippen LogP) is 5.07. The Balaban J connectivity index is 1.77. The van der Waals surface area contributed by atoms with E-state index in [1.807, 2.05) is 59.4 Å². The van der Waals surface area contributed by atoms with Crippen LogP contribution in [0.4, 0.5) is 0 Å². The highest BCUT2D eigenvalue weighted by molar-refractivity contribution is 7.98. The van der Waals surface area contributed by atoms with Crippen LogP contribution in [-0.2, 0) is 12.2 Å². The van der Waals surface area contributed by atoms with E-state index in [1.165, 1.54) is 5.56 Å². The second-order valence-electron chi connectivity index (χ2n) is 5.89. The number of nitrogens with zero attached hydrogens (tertiary/aromatic N) is 4. The van der Waals surface area contributed by atoms with Crippen molar-refractivity contribution in [2.24, 2.45) is 5.10 Å². The molecule has 0 unspecified atom stereocenters. The van der Waals surface area contributed by atoms with Gasteiger partial charge in [-0.1, -0.05) is 42.4 Å². The van der Waals surface area contributed by atoms with Crippen molar-refractivity contribution in [1.82, 2.24) is 14.9 Å². The van der Waals surface area contributed by atoms with Gasteiger partial charge in [-0.3, -0.25) is 0 Å². The molecule has 0 aliphatic carbocycles. The minimum atomic E-state index is 0.737. The molecule has 0 radical (unpaired) electrons. The number of ether oxygens (including phenoxy) is 1. The molecule has 3 aromatic rings. The molecular weight excluding hydrogens is 380 g/mol. The van der Waals surface area contributed by atoms with Crippen LogP contribution in [0, 0.1) is 0 Å². The van der Waals surface area contributed by atoms with Crippen LogP contribution in [0.1, 0.15) is 30.3 Å². The summed E-state index contributed by atoms with van der Waals surface area (Å²) in [5, 5.41) is 14.8. The highest BCUT2D eigenvalue weighted by Gasteiger charge is 2.11. The molecule has 0 fully saturated rings. The van der Waals surface area contributed by atoms with Crippen molar-refractivity contribution >= 4 is 29.6 Å². The van der Waals surface area contributed by atoms with E-state index in [2.05, 4.69) is 22.2 Å². The highest BCUT2D eigenvalue weighted by atomic mass is 35.5. The molecule has 0 bridgehead atoms. The van der Waals surface area contributed by atoms with Gasteiger partial charge in [0.2, 0.25) is 5.16 Å². The number of hydrogen-bond donors (Lipinski definition) is 0. The lowest BCUT2D eigenvalue weighted by molar-refractivity contribution is 0.415. The average Bonchev–Trinajstić information content (AvgIpc) is 3.08. The van der Waals surface area contributed by atoms with Crippen molar-refractivity contribution in [3.05, 3.63) is 70.5 Å². The smallest absolute Gasteiger partial charge is 0.212 e. The van der Waals surface area contributed by atoms with Gasteiger partial charge in [-0.05, 0) is 53.9 Å². The fraction of sp³-hybridized carbons (Fsp3) is 0.250. The molecule has 1 heterocycles. The van der Waals surface area contributed by atoms with Gasteiger partial charge in [0.25, 0.3) is 0 Å². The monoisotopic (exact) mass is 400 g/mol. The van der Waals surface area contributed by atoms with Crippen molar-refractivity contribution < 1.29 is 4.74 Å². The van der Waals surface area contributed by atoms with Gasteiger partial charge < -0.3 is 4.74 Å². The molecule has 0 atom stereocenters. The number of hydrogen-bond acceptors (Lipinski definition) is 5. The summed E-state index contributed by atoms with van der Waals surface area (Å²) < 4.78 is 7.02. The molecule has 0 N–H and O–H groups in total. The van der Waals surface area contributed by atoms with Crippen LogP contribution in [0.15, 0.2) is 58.8 Å². The van der Waals surface area contributed by atoms with E-state index < -0.39 is 0 Å². The lowest BCUT2D eigenvalue weighted by atomic mass is 10.2. The van der Waals surface area contributed by atoms with Gasteiger partial charge in [0.15, 0.2) is 5.82 Å². The second-order valence-corrected chi connectivity index (χ2v) is 7.27. The Hall–Kier alpha value is -2.31. The van der Waals surface area contributed by atoms with E-state index in [-0.39, 0.29) is 0 Å². The summed E-state index contributed by atoms with van der Waals surface area (Å²) in [7, 11) is 1.65. The Bertz CT molecular complexity index is 891. The Morgan fingerprint density at radius 1 is 1.11 bits per heavy atom. The average molecular weight is 401 g/mol. The van der Waals surface area contributed by atoms with E-state index in [4.69, 9.17) is 16.3 Å². The highest BCUT2D eigenvalue weighted by Crippen LogP contribution is 2.23. The summed E-state index contributed by atoms with van der Waals surface area (Å²) in [6.45, 7) is 2.12. The van der Waals surface area contributed by atoms with Crippen molar-refractivity contribution in [1.29, 1.82) is 0 Å². The summed E-state index contributed by atoms with van der Waals surface area (Å²) >= 11 is 7.56. The van der Waals surface area contributed by atoms with E-state index in [9.17, 15) is 0 Å². The normalized spacial score (nSPS) is 11.2. The van der Waals surface area contributed by atoms with Crippen molar-refractivity contribution in [3.63, 3.8) is 0 Å². The van der Waals surface area contributed by atoms with Crippen molar-refractivity contribution in [3.8, 4) is 5.75 Å². The second kappa shape index (κ2) is 9.58. The van der Waals surface area contributed by atoms with Gasteiger partial charge in [0, 0.05) is 17.2 Å². The number of benzene rings is 2. The van der Waals surface area contributed by atoms with E-state index in [1.54, 1.807) is 18.9 Å². The number of aryl methyl sites for hydroxylation is 1. The third-order valence-corrected chi connectivity index (χ3v) is 5.11. The Labute approximate surface area is 168 Å². The molecule has 3 rings (SSSR count). The maximum absolute atomic E-state index is 5.95. The Kier molecular flexibility index (Phi) is 6.90. The first kappa shape index (κ1) is 19.5. The molecule has 0 amide bonds. The van der Waals surface area contributed by atoms with Gasteiger partial charge >= 0.3 is 0 Å². The van der Waals surface area contributed by atoms with Crippen LogP contribution in [-0.4, -0.2) is 28.2 Å². The SMILES string of the molecule is CCCc1nnc(SCc2ccc(Cl)cc2)n1/N=C/c1ccc(OC)cc1. The first-order chi connectivity index (χ1) is 13.2. The van der Waals surface area contributed by atoms with Crippen LogP contribution in [0.5, 0.6) is 5.75 Å². The summed E-state index contributed by atoms with van der Waals surface area (Å²) in [6, 6.07) is 15.6. The third-order valence-electron chi connectivity index (χ3n) is 3.87. The quantitative estimate of drug-likeness (QED) is 0.391. The van der Waals surface area contributed by atoms with Gasteiger partial charge in [-0.25, -0.2) is 0 Å². The van der Waals surface area contributed by atoms with Crippen LogP contribution < -0.4 is 4.74 Å². The van der Waals surface area contributed by atoms with Gasteiger partial charge in [0.05, 0.1) is 13.3 Å². The molecule has 7 heteroatoms. The maximum atomic E-state index is 5.95. The molecule has 0 spiro atoms. The molecular formula is C20H21ClN4OS. The Morgan fingerprint density at radius 3 is 2.52 bits per heavy atom. The number of thioether (sulfide) groups is 1. The Morgan fingerprint density at radius 2 is 1.85 bits per heavy atom. The lowest BCUT2D eigenvalue weighted by Gasteiger charge is -2.04. The van der Waals surface area contributed by atoms with Crippen molar-refractivity contribution in [2.75, 3.05) is 7.11 Å². The molecule has 1 aromatic heterocycles. The summed E-state index contributed by atoms with van der Waals surface area (Å²) in [6.07, 6.45) is 3.63. The van der Waals surface area contributed by atoms with Crippen LogP contribution in [0.2, 0.25) is 5.02 Å². The molecule has 140 valence electrons. The minimum absolute atomic E-state index is 0.737. The first-order valence-electron chi connectivity index (χ1n) is 8.69. The number of rotatable bonds is 8. The number of halogens is 1. The van der Waals surface area contributed by atoms with Crippen LogP contribution >= 0.6 is 23.4 Å². The zero-order valence-corrected chi connectivity index (χ0v) is 16.9. The summed E-state index contributed by atoms with van der Waals surface area (Å²) in [5.41, 5.74) is 2.16. The predicted molar refractivity (Wildman–Crippen MR) is 111 cm³/mol. The summed E-state index contributed by atoms with van der Waals surface area (Å²) in [4.78, 5) is 0. The van der Waals surface area contributed by atoms with Gasteiger partial charge in [0.1, 0.15) is 5.75 Å². The zero-order chi connectivity index (χ0) is 19.1. The van der Waals surface area contributed by atoms with Gasteiger partial charge in [-0.15, -0.1) is 10.2 Å². The van der Waals surface area contributed by atoms with Crippen LogP contribution in [0.3, 0.4) is 0 Å². The first-order valence-corrected chi connectivity index (χ1v) is 10.1. The van der Waals surface area contributed by atoms with E-state index >= 15 is 0 Å². The molecule has 2 aromatic carbocycles. The largest absolute Gasteiger partial charge is 0.497 e. The number of aromatic nitrogens is 3. The zero-order valence-electron chi connectivity index (χ0n) is 15.3. The molecule has 0 saturated carbocycles. The van der Waals surface area contributed by atoms with Crippen molar-refractivity contribution in [2.45, 2.75) is 30.7 Å². The summed E-state index contributed by atoms with van der Waals surface area (Å²) in [5.74, 6) is 2.46. The lowest BCUT2D eigenvalue weighted by Crippen LogP contribution is -2.00. The fourth-order valence-electron chi connectivity index (χ4n) is 2.42.